The molecule has 0 fully saturated rings. The molecule has 17 heavy (non-hydrogen) atoms. The maximum Gasteiger partial charge on any atom is 0.213 e. The maximum atomic E-state index is 4.99. The van der Waals surface area contributed by atoms with Crippen LogP contribution in [0.3, 0.4) is 0 Å². The predicted molar refractivity (Wildman–Crippen MR) is 68.2 cm³/mol. The number of aryl methyl sites for hydroxylation is 1. The number of methoxy groups -OCH3 is 1. The fourth-order valence-electron chi connectivity index (χ4n) is 1.47. The molecule has 0 spiro atoms. The highest BCUT2D eigenvalue weighted by molar-refractivity contribution is 5.80. The highest BCUT2D eigenvalue weighted by atomic mass is 16.5. The minimum absolute atomic E-state index is 0.596. The number of aliphatic imine (C=N–C) groups is 1. The van der Waals surface area contributed by atoms with Crippen molar-refractivity contribution in [1.82, 2.24) is 9.55 Å². The van der Waals surface area contributed by atoms with Gasteiger partial charge in [0.2, 0.25) is 5.88 Å². The number of aromatic nitrogens is 2. The van der Waals surface area contributed by atoms with Crippen LogP contribution in [0.5, 0.6) is 5.88 Å². The summed E-state index contributed by atoms with van der Waals surface area (Å²) in [6.07, 6.45) is 3.52. The largest absolute Gasteiger partial charge is 0.481 e. The number of pyridine rings is 1. The van der Waals surface area contributed by atoms with Crippen molar-refractivity contribution in [3.8, 4) is 5.88 Å². The molecule has 0 aromatic carbocycles. The Morgan fingerprint density at radius 2 is 2.12 bits per heavy atom. The average Bonchev–Trinajstić information content (AvgIpc) is 2.68. The van der Waals surface area contributed by atoms with Gasteiger partial charge in [-0.25, -0.2) is 4.98 Å². The van der Waals surface area contributed by atoms with Crippen LogP contribution in [-0.2, 0) is 7.05 Å². The molecule has 2 aromatic rings. The van der Waals surface area contributed by atoms with Crippen molar-refractivity contribution in [2.75, 3.05) is 7.11 Å². The molecule has 0 N–H and O–H groups in total. The fourth-order valence-corrected chi connectivity index (χ4v) is 1.47. The number of ether oxygens (including phenoxy) is 1. The third kappa shape index (κ3) is 2.53. The molecule has 0 saturated heterocycles. The quantitative estimate of drug-likeness (QED) is 0.758. The summed E-state index contributed by atoms with van der Waals surface area (Å²) in [6, 6.07) is 7.77. The van der Waals surface area contributed by atoms with Gasteiger partial charge in [-0.3, -0.25) is 4.99 Å². The summed E-state index contributed by atoms with van der Waals surface area (Å²) < 4.78 is 7.07. The Balaban J connectivity index is 2.17. The normalized spacial score (nSPS) is 11.0. The molecular formula is C13H15N3O. The first kappa shape index (κ1) is 11.4. The van der Waals surface area contributed by atoms with Crippen LogP contribution in [0.2, 0.25) is 0 Å². The highest BCUT2D eigenvalue weighted by Crippen LogP contribution is 2.14. The molecule has 0 saturated carbocycles. The van der Waals surface area contributed by atoms with Gasteiger partial charge in [-0.2, -0.15) is 0 Å². The summed E-state index contributed by atoms with van der Waals surface area (Å²) in [5.41, 5.74) is 3.09. The Hall–Kier alpha value is -2.10. The van der Waals surface area contributed by atoms with Gasteiger partial charge >= 0.3 is 0 Å². The van der Waals surface area contributed by atoms with E-state index >= 15 is 0 Å². The van der Waals surface area contributed by atoms with Crippen molar-refractivity contribution >= 4 is 11.9 Å². The molecule has 4 heteroatoms. The van der Waals surface area contributed by atoms with Crippen LogP contribution in [0.25, 0.3) is 0 Å². The Morgan fingerprint density at radius 1 is 1.29 bits per heavy atom. The first-order chi connectivity index (χ1) is 8.20. The van der Waals surface area contributed by atoms with Crippen LogP contribution < -0.4 is 4.74 Å². The second-order valence-corrected chi connectivity index (χ2v) is 3.78. The van der Waals surface area contributed by atoms with Crippen LogP contribution in [0.4, 0.5) is 5.69 Å². The van der Waals surface area contributed by atoms with E-state index in [1.54, 1.807) is 19.4 Å². The van der Waals surface area contributed by atoms with E-state index < -0.39 is 0 Å². The lowest BCUT2D eigenvalue weighted by atomic mass is 10.4. The standard InChI is InChI=1S/C13H15N3O/c1-10-4-6-12(16(10)2)9-14-11-5-7-13(17-3)15-8-11/h4-9H,1-3H3. The minimum atomic E-state index is 0.596. The molecule has 2 rings (SSSR count). The Morgan fingerprint density at radius 3 is 2.65 bits per heavy atom. The zero-order chi connectivity index (χ0) is 12.3. The van der Waals surface area contributed by atoms with E-state index in [-0.39, 0.29) is 0 Å². The molecule has 0 aliphatic heterocycles. The van der Waals surface area contributed by atoms with Crippen molar-refractivity contribution in [2.45, 2.75) is 6.92 Å². The molecule has 0 radical (unpaired) electrons. The lowest BCUT2D eigenvalue weighted by Gasteiger charge is -2.00. The van der Waals surface area contributed by atoms with Crippen LogP contribution in [0, 0.1) is 6.92 Å². The zero-order valence-electron chi connectivity index (χ0n) is 10.2. The number of hydrogen-bond donors (Lipinski definition) is 0. The lowest BCUT2D eigenvalue weighted by molar-refractivity contribution is 0.398. The van der Waals surface area contributed by atoms with Crippen LogP contribution in [0.1, 0.15) is 11.4 Å². The summed E-state index contributed by atoms with van der Waals surface area (Å²) in [5, 5.41) is 0. The first-order valence-corrected chi connectivity index (χ1v) is 5.37. The van der Waals surface area contributed by atoms with Crippen LogP contribution >= 0.6 is 0 Å². The van der Waals surface area contributed by atoms with Gasteiger partial charge in [-0.1, -0.05) is 0 Å². The third-order valence-electron chi connectivity index (χ3n) is 2.69. The van der Waals surface area contributed by atoms with Gasteiger partial charge in [0, 0.05) is 18.8 Å². The van der Waals surface area contributed by atoms with E-state index in [4.69, 9.17) is 4.74 Å². The van der Waals surface area contributed by atoms with Crippen molar-refractivity contribution < 1.29 is 4.74 Å². The van der Waals surface area contributed by atoms with Crippen molar-refractivity contribution in [3.63, 3.8) is 0 Å². The smallest absolute Gasteiger partial charge is 0.213 e. The van der Waals surface area contributed by atoms with Gasteiger partial charge in [-0.15, -0.1) is 0 Å². The summed E-state index contributed by atoms with van der Waals surface area (Å²) in [4.78, 5) is 8.46. The average molecular weight is 229 g/mol. The van der Waals surface area contributed by atoms with Gasteiger partial charge < -0.3 is 9.30 Å². The lowest BCUT2D eigenvalue weighted by Crippen LogP contribution is -1.96. The Kier molecular flexibility index (Phi) is 3.23. The fraction of sp³-hybridized carbons (Fsp3) is 0.231. The summed E-state index contributed by atoms with van der Waals surface area (Å²) in [5.74, 6) is 0.596. The number of nitrogens with zero attached hydrogens (tertiary/aromatic N) is 3. The minimum Gasteiger partial charge on any atom is -0.481 e. The molecule has 2 heterocycles. The van der Waals surface area contributed by atoms with Crippen molar-refractivity contribution in [3.05, 3.63) is 41.9 Å². The zero-order valence-corrected chi connectivity index (χ0v) is 10.2. The van der Waals surface area contributed by atoms with Crippen molar-refractivity contribution in [1.29, 1.82) is 0 Å². The molecule has 0 unspecified atom stereocenters. The highest BCUT2D eigenvalue weighted by Gasteiger charge is 1.97. The topological polar surface area (TPSA) is 39.4 Å². The molecule has 0 atom stereocenters. The maximum absolute atomic E-state index is 4.99. The summed E-state index contributed by atoms with van der Waals surface area (Å²) >= 11 is 0. The molecule has 88 valence electrons. The van der Waals surface area contributed by atoms with Crippen LogP contribution in [0.15, 0.2) is 35.5 Å². The Bertz CT molecular complexity index is 526. The molecule has 0 amide bonds. The van der Waals surface area contributed by atoms with E-state index in [1.807, 2.05) is 25.4 Å². The molecular weight excluding hydrogens is 214 g/mol. The molecule has 0 bridgehead atoms. The van der Waals surface area contributed by atoms with E-state index in [0.717, 1.165) is 11.4 Å². The van der Waals surface area contributed by atoms with E-state index in [0.29, 0.717) is 5.88 Å². The first-order valence-electron chi connectivity index (χ1n) is 5.37. The summed E-state index contributed by atoms with van der Waals surface area (Å²) in [7, 11) is 3.61. The molecule has 0 aliphatic carbocycles. The molecule has 4 nitrogen and oxygen atoms in total. The number of hydrogen-bond acceptors (Lipinski definition) is 3. The third-order valence-corrected chi connectivity index (χ3v) is 2.69. The number of rotatable bonds is 3. The predicted octanol–water partition coefficient (Wildman–Crippen LogP) is 2.49. The Labute approximate surface area is 101 Å². The van der Waals surface area contributed by atoms with E-state index in [2.05, 4.69) is 27.5 Å². The van der Waals surface area contributed by atoms with Gasteiger partial charge in [0.05, 0.1) is 30.9 Å². The van der Waals surface area contributed by atoms with Gasteiger partial charge in [0.1, 0.15) is 0 Å². The summed E-state index contributed by atoms with van der Waals surface area (Å²) in [6.45, 7) is 2.06. The van der Waals surface area contributed by atoms with E-state index in [9.17, 15) is 0 Å². The molecule has 0 aliphatic rings. The SMILES string of the molecule is COc1ccc(N=Cc2ccc(C)n2C)cn1. The van der Waals surface area contributed by atoms with Gasteiger partial charge in [-0.05, 0) is 25.1 Å². The van der Waals surface area contributed by atoms with Gasteiger partial charge in [0.15, 0.2) is 0 Å². The van der Waals surface area contributed by atoms with Crippen LogP contribution in [-0.4, -0.2) is 22.9 Å². The molecule has 2 aromatic heterocycles. The second kappa shape index (κ2) is 4.82. The van der Waals surface area contributed by atoms with Gasteiger partial charge in [0.25, 0.3) is 0 Å². The van der Waals surface area contributed by atoms with Crippen molar-refractivity contribution in [2.24, 2.45) is 12.0 Å². The van der Waals surface area contributed by atoms with E-state index in [1.165, 1.54) is 5.69 Å². The monoisotopic (exact) mass is 229 g/mol. The second-order valence-electron chi connectivity index (χ2n) is 3.78.